The van der Waals surface area contributed by atoms with Gasteiger partial charge in [0.05, 0.1) is 6.20 Å². The van der Waals surface area contributed by atoms with Crippen molar-refractivity contribution in [3.63, 3.8) is 0 Å². The summed E-state index contributed by atoms with van der Waals surface area (Å²) in [5, 5.41) is 3.77. The molecule has 116 valence electrons. The van der Waals surface area contributed by atoms with Gasteiger partial charge in [-0.2, -0.15) is 0 Å². The number of amides is 1. The lowest BCUT2D eigenvalue weighted by Crippen LogP contribution is -2.46. The molecule has 0 unspecified atom stereocenters. The fourth-order valence-corrected chi connectivity index (χ4v) is 3.60. The van der Waals surface area contributed by atoms with Gasteiger partial charge < -0.3 is 10.2 Å². The zero-order valence-corrected chi connectivity index (χ0v) is 13.2. The van der Waals surface area contributed by atoms with Gasteiger partial charge in [-0.25, -0.2) is 9.37 Å². The smallest absolute Gasteiger partial charge is 0.265 e. The second kappa shape index (κ2) is 6.54. The Balaban J connectivity index is 1.79. The number of piperidine rings is 1. The summed E-state index contributed by atoms with van der Waals surface area (Å²) >= 11 is 1.25. The maximum Gasteiger partial charge on any atom is 0.265 e. The number of thiazole rings is 1. The highest BCUT2D eigenvalue weighted by Gasteiger charge is 2.25. The molecule has 1 aromatic heterocycles. The quantitative estimate of drug-likeness (QED) is 0.946. The summed E-state index contributed by atoms with van der Waals surface area (Å²) in [6.45, 7) is 1.48. The number of benzene rings is 1. The summed E-state index contributed by atoms with van der Waals surface area (Å²) in [6, 6.07) is 6.84. The van der Waals surface area contributed by atoms with Gasteiger partial charge in [0, 0.05) is 24.7 Å². The summed E-state index contributed by atoms with van der Waals surface area (Å²) in [5.74, 6) is -0.330. The topological polar surface area (TPSA) is 45.2 Å². The van der Waals surface area contributed by atoms with E-state index >= 15 is 0 Å². The average Bonchev–Trinajstić information content (AvgIpc) is 3.04. The van der Waals surface area contributed by atoms with Crippen LogP contribution in [0.25, 0.3) is 10.6 Å². The number of carbonyl (C=O) groups excluding carboxylic acids is 1. The van der Waals surface area contributed by atoms with Crippen LogP contribution in [0.5, 0.6) is 0 Å². The first-order valence-corrected chi connectivity index (χ1v) is 8.18. The van der Waals surface area contributed by atoms with Gasteiger partial charge in [0.2, 0.25) is 0 Å². The van der Waals surface area contributed by atoms with E-state index in [2.05, 4.69) is 10.3 Å². The van der Waals surface area contributed by atoms with Crippen molar-refractivity contribution < 1.29 is 9.18 Å². The van der Waals surface area contributed by atoms with Crippen molar-refractivity contribution in [2.24, 2.45) is 0 Å². The number of hydrogen-bond acceptors (Lipinski definition) is 4. The Hall–Kier alpha value is -1.79. The molecule has 1 N–H and O–H groups in total. The van der Waals surface area contributed by atoms with Crippen LogP contribution < -0.4 is 5.32 Å². The molecule has 1 fully saturated rings. The van der Waals surface area contributed by atoms with Gasteiger partial charge in [-0.15, -0.1) is 11.3 Å². The van der Waals surface area contributed by atoms with Crippen LogP contribution >= 0.6 is 11.3 Å². The highest BCUT2D eigenvalue weighted by molar-refractivity contribution is 7.16. The van der Waals surface area contributed by atoms with E-state index in [9.17, 15) is 9.18 Å². The SMILES string of the molecule is CN[C@H]1CCCN(C(=O)c2cnc(-c3ccccc3F)s2)C1. The van der Waals surface area contributed by atoms with E-state index in [1.54, 1.807) is 24.4 Å². The van der Waals surface area contributed by atoms with Gasteiger partial charge in [-0.1, -0.05) is 12.1 Å². The molecule has 22 heavy (non-hydrogen) atoms. The molecule has 6 heteroatoms. The second-order valence-corrected chi connectivity index (χ2v) is 6.42. The highest BCUT2D eigenvalue weighted by atomic mass is 32.1. The number of halogens is 1. The van der Waals surface area contributed by atoms with E-state index in [1.807, 2.05) is 11.9 Å². The first-order chi connectivity index (χ1) is 10.7. The minimum absolute atomic E-state index is 0.0139. The number of rotatable bonds is 3. The zero-order chi connectivity index (χ0) is 15.5. The third-order valence-electron chi connectivity index (χ3n) is 3.94. The number of nitrogens with one attached hydrogen (secondary N) is 1. The van der Waals surface area contributed by atoms with Crippen molar-refractivity contribution >= 4 is 17.2 Å². The Morgan fingerprint density at radius 3 is 3.05 bits per heavy atom. The Bertz CT molecular complexity index is 673. The molecule has 1 aliphatic heterocycles. The van der Waals surface area contributed by atoms with E-state index in [0.717, 1.165) is 19.4 Å². The third-order valence-corrected chi connectivity index (χ3v) is 4.96. The molecule has 1 atom stereocenters. The monoisotopic (exact) mass is 319 g/mol. The molecule has 0 spiro atoms. The van der Waals surface area contributed by atoms with Crippen LogP contribution in [0.2, 0.25) is 0 Å². The van der Waals surface area contributed by atoms with Crippen LogP contribution in [0.3, 0.4) is 0 Å². The van der Waals surface area contributed by atoms with Crippen molar-refractivity contribution in [3.8, 4) is 10.6 Å². The van der Waals surface area contributed by atoms with E-state index in [-0.39, 0.29) is 11.7 Å². The van der Waals surface area contributed by atoms with Crippen molar-refractivity contribution in [1.82, 2.24) is 15.2 Å². The molecule has 0 saturated carbocycles. The van der Waals surface area contributed by atoms with Crippen molar-refractivity contribution in [1.29, 1.82) is 0 Å². The molecule has 2 heterocycles. The standard InChI is InChI=1S/C16H18FN3OS/c1-18-11-5-4-8-20(10-11)16(21)14-9-19-15(22-14)12-6-2-3-7-13(12)17/h2-3,6-7,9,11,18H,4-5,8,10H2,1H3/t11-/m0/s1. The maximum absolute atomic E-state index is 13.8. The number of carbonyl (C=O) groups is 1. The van der Waals surface area contributed by atoms with Crippen LogP contribution in [-0.4, -0.2) is 42.0 Å². The van der Waals surface area contributed by atoms with Gasteiger partial charge in [0.15, 0.2) is 0 Å². The van der Waals surface area contributed by atoms with Crippen molar-refractivity contribution in [3.05, 3.63) is 41.2 Å². The Kier molecular flexibility index (Phi) is 4.49. The summed E-state index contributed by atoms with van der Waals surface area (Å²) in [6.07, 6.45) is 3.64. The lowest BCUT2D eigenvalue weighted by molar-refractivity contribution is 0.0703. The minimum Gasteiger partial charge on any atom is -0.336 e. The molecular formula is C16H18FN3OS. The first kappa shape index (κ1) is 15.1. The van der Waals surface area contributed by atoms with Gasteiger partial charge in [-0.3, -0.25) is 4.79 Å². The Morgan fingerprint density at radius 2 is 2.27 bits per heavy atom. The number of nitrogens with zero attached hydrogens (tertiary/aromatic N) is 2. The molecule has 0 bridgehead atoms. The minimum atomic E-state index is -0.316. The summed E-state index contributed by atoms with van der Waals surface area (Å²) < 4.78 is 13.8. The molecule has 0 aliphatic carbocycles. The second-order valence-electron chi connectivity index (χ2n) is 5.39. The predicted molar refractivity (Wildman–Crippen MR) is 85.5 cm³/mol. The summed E-state index contributed by atoms with van der Waals surface area (Å²) in [5.41, 5.74) is 0.443. The van der Waals surface area contributed by atoms with Crippen LogP contribution in [-0.2, 0) is 0 Å². The summed E-state index contributed by atoms with van der Waals surface area (Å²) in [7, 11) is 1.92. The zero-order valence-electron chi connectivity index (χ0n) is 12.4. The molecule has 0 radical (unpaired) electrons. The predicted octanol–water partition coefficient (Wildman–Crippen LogP) is 2.77. The molecule has 1 saturated heterocycles. The third kappa shape index (κ3) is 3.03. The van der Waals surface area contributed by atoms with E-state index in [4.69, 9.17) is 0 Å². The normalized spacial score (nSPS) is 18.5. The molecule has 1 amide bonds. The first-order valence-electron chi connectivity index (χ1n) is 7.36. The highest BCUT2D eigenvalue weighted by Crippen LogP contribution is 2.28. The maximum atomic E-state index is 13.8. The number of likely N-dealkylation sites (N-methyl/N-ethyl adjacent to an activating group) is 1. The van der Waals surface area contributed by atoms with Crippen molar-refractivity contribution in [2.75, 3.05) is 20.1 Å². The fraction of sp³-hybridized carbons (Fsp3) is 0.375. The lowest BCUT2D eigenvalue weighted by Gasteiger charge is -2.32. The molecule has 2 aromatic rings. The Labute approximate surface area is 133 Å². The van der Waals surface area contributed by atoms with Gasteiger partial charge in [0.25, 0.3) is 5.91 Å². The molecule has 1 aliphatic rings. The number of hydrogen-bond donors (Lipinski definition) is 1. The van der Waals surface area contributed by atoms with E-state index in [0.29, 0.717) is 28.0 Å². The fourth-order valence-electron chi connectivity index (χ4n) is 2.69. The largest absolute Gasteiger partial charge is 0.336 e. The van der Waals surface area contributed by atoms with Crippen molar-refractivity contribution in [2.45, 2.75) is 18.9 Å². The lowest BCUT2D eigenvalue weighted by atomic mass is 10.1. The van der Waals surface area contributed by atoms with Gasteiger partial charge in [0.1, 0.15) is 15.7 Å². The molecule has 3 rings (SSSR count). The Morgan fingerprint density at radius 1 is 1.45 bits per heavy atom. The molecule has 1 aromatic carbocycles. The number of likely N-dealkylation sites (tertiary alicyclic amines) is 1. The van der Waals surface area contributed by atoms with Crippen LogP contribution in [0.4, 0.5) is 4.39 Å². The van der Waals surface area contributed by atoms with E-state index in [1.165, 1.54) is 17.4 Å². The summed E-state index contributed by atoms with van der Waals surface area (Å²) in [4.78, 5) is 19.2. The van der Waals surface area contributed by atoms with Crippen LogP contribution in [0, 0.1) is 5.82 Å². The van der Waals surface area contributed by atoms with Gasteiger partial charge in [-0.05, 0) is 32.0 Å². The van der Waals surface area contributed by atoms with Gasteiger partial charge >= 0.3 is 0 Å². The molecule has 4 nitrogen and oxygen atoms in total. The molecular weight excluding hydrogens is 301 g/mol. The van der Waals surface area contributed by atoms with Crippen LogP contribution in [0.15, 0.2) is 30.5 Å². The van der Waals surface area contributed by atoms with E-state index < -0.39 is 0 Å². The van der Waals surface area contributed by atoms with Crippen LogP contribution in [0.1, 0.15) is 22.5 Å². The average molecular weight is 319 g/mol. The number of aromatic nitrogens is 1.